The van der Waals surface area contributed by atoms with E-state index < -0.39 is 0 Å². The largest absolute Gasteiger partial charge is 0.361 e. The zero-order chi connectivity index (χ0) is 27.5. The number of anilines is 1. The van der Waals surface area contributed by atoms with Crippen LogP contribution in [-0.2, 0) is 7.05 Å². The van der Waals surface area contributed by atoms with Gasteiger partial charge in [0.05, 0.1) is 16.1 Å². The lowest BCUT2D eigenvalue weighted by atomic mass is 10.1. The first-order valence-corrected chi connectivity index (χ1v) is 15.1. The minimum absolute atomic E-state index is 1.01. The first-order chi connectivity index (χ1) is 19.7. The van der Waals surface area contributed by atoms with Gasteiger partial charge in [-0.05, 0) is 73.6 Å². The Labute approximate surface area is 241 Å². The molecule has 3 aromatic carbocycles. The normalized spacial score (nSPS) is 14.4. The van der Waals surface area contributed by atoms with Crippen molar-refractivity contribution in [2.45, 2.75) is 25.2 Å². The van der Waals surface area contributed by atoms with Crippen LogP contribution in [0.2, 0.25) is 0 Å². The summed E-state index contributed by atoms with van der Waals surface area (Å²) in [5.41, 5.74) is 7.33. The summed E-state index contributed by atoms with van der Waals surface area (Å²) < 4.78 is 2.29. The highest BCUT2D eigenvalue weighted by Gasteiger charge is 2.25. The van der Waals surface area contributed by atoms with Gasteiger partial charge in [0.15, 0.2) is 0 Å². The van der Waals surface area contributed by atoms with E-state index in [-0.39, 0.29) is 0 Å². The summed E-state index contributed by atoms with van der Waals surface area (Å²) in [7, 11) is 2.16. The SMILES string of the molecule is CCN(CC)CCCN1/C(=C/c2cc(/C=C/c3c[nH]c4ccccc34)[n+](C)c3ccccc23)Sc2ccccc21. The molecule has 0 saturated heterocycles. The second kappa shape index (κ2) is 11.7. The minimum atomic E-state index is 1.01. The van der Waals surface area contributed by atoms with E-state index in [9.17, 15) is 0 Å². The van der Waals surface area contributed by atoms with Gasteiger partial charge >= 0.3 is 0 Å². The highest BCUT2D eigenvalue weighted by atomic mass is 32.2. The number of aromatic amines is 1. The molecule has 1 N–H and O–H groups in total. The summed E-state index contributed by atoms with van der Waals surface area (Å²) in [6, 6.07) is 28.3. The average Bonchev–Trinajstić information content (AvgIpc) is 3.57. The summed E-state index contributed by atoms with van der Waals surface area (Å²) in [6.07, 6.45) is 10.1. The van der Waals surface area contributed by atoms with E-state index in [1.807, 2.05) is 11.8 Å². The predicted molar refractivity (Wildman–Crippen MR) is 172 cm³/mol. The third kappa shape index (κ3) is 5.19. The molecule has 0 bridgehead atoms. The molecule has 0 saturated carbocycles. The third-order valence-corrected chi connectivity index (χ3v) is 9.10. The lowest BCUT2D eigenvalue weighted by molar-refractivity contribution is -0.646. The van der Waals surface area contributed by atoms with Crippen LogP contribution in [-0.4, -0.2) is 36.1 Å². The number of H-pyrrole nitrogens is 1. The van der Waals surface area contributed by atoms with Crippen molar-refractivity contribution in [2.75, 3.05) is 31.1 Å². The number of aryl methyl sites for hydroxylation is 1. The molecule has 40 heavy (non-hydrogen) atoms. The maximum absolute atomic E-state index is 3.39. The van der Waals surface area contributed by atoms with Crippen molar-refractivity contribution in [3.05, 3.63) is 107 Å². The zero-order valence-electron chi connectivity index (χ0n) is 23.6. The number of aromatic nitrogens is 2. The number of fused-ring (bicyclic) bond motifs is 3. The van der Waals surface area contributed by atoms with Crippen molar-refractivity contribution in [1.29, 1.82) is 0 Å². The Balaban J connectivity index is 1.38. The smallest absolute Gasteiger partial charge is 0.213 e. The Morgan fingerprint density at radius 3 is 2.48 bits per heavy atom. The number of pyridine rings is 1. The number of benzene rings is 3. The Morgan fingerprint density at radius 1 is 0.875 bits per heavy atom. The van der Waals surface area contributed by atoms with Gasteiger partial charge in [0.25, 0.3) is 0 Å². The molecule has 0 radical (unpaired) electrons. The number of hydrogen-bond acceptors (Lipinski definition) is 3. The van der Waals surface area contributed by atoms with Crippen molar-refractivity contribution in [3.63, 3.8) is 0 Å². The van der Waals surface area contributed by atoms with Crippen LogP contribution in [0.15, 0.2) is 95.0 Å². The van der Waals surface area contributed by atoms with Gasteiger partial charge in [-0.2, -0.15) is 4.57 Å². The van der Waals surface area contributed by atoms with Crippen molar-refractivity contribution in [1.82, 2.24) is 9.88 Å². The number of hydrogen-bond donors (Lipinski definition) is 1. The van der Waals surface area contributed by atoms with Gasteiger partial charge in [-0.1, -0.05) is 68.1 Å². The van der Waals surface area contributed by atoms with Crippen molar-refractivity contribution >= 4 is 57.5 Å². The van der Waals surface area contributed by atoms with Gasteiger partial charge in [-0.25, -0.2) is 0 Å². The summed E-state index contributed by atoms with van der Waals surface area (Å²) >= 11 is 1.89. The molecular weight excluding hydrogens is 508 g/mol. The van der Waals surface area contributed by atoms with Crippen LogP contribution in [0.5, 0.6) is 0 Å². The van der Waals surface area contributed by atoms with E-state index >= 15 is 0 Å². The van der Waals surface area contributed by atoms with Gasteiger partial charge in [0.2, 0.25) is 11.2 Å². The molecule has 1 aliphatic heterocycles. The Hall–Kier alpha value is -3.80. The number of thioether (sulfide) groups is 1. The Morgan fingerprint density at radius 2 is 1.62 bits per heavy atom. The third-order valence-electron chi connectivity index (χ3n) is 7.99. The molecular formula is C35H37N4S+. The molecule has 202 valence electrons. The predicted octanol–water partition coefficient (Wildman–Crippen LogP) is 7.96. The van der Waals surface area contributed by atoms with E-state index in [4.69, 9.17) is 0 Å². The minimum Gasteiger partial charge on any atom is -0.361 e. The first-order valence-electron chi connectivity index (χ1n) is 14.3. The topological polar surface area (TPSA) is 26.1 Å². The lowest BCUT2D eigenvalue weighted by Gasteiger charge is -2.23. The molecule has 5 heteroatoms. The zero-order valence-corrected chi connectivity index (χ0v) is 24.4. The number of nitrogens with zero attached hydrogens (tertiary/aromatic N) is 3. The van der Waals surface area contributed by atoms with Crippen LogP contribution in [0.1, 0.15) is 37.1 Å². The van der Waals surface area contributed by atoms with Gasteiger partial charge in [0.1, 0.15) is 7.05 Å². The highest BCUT2D eigenvalue weighted by molar-refractivity contribution is 8.03. The Kier molecular flexibility index (Phi) is 7.76. The molecule has 0 fully saturated rings. The van der Waals surface area contributed by atoms with Crippen molar-refractivity contribution in [2.24, 2.45) is 7.05 Å². The van der Waals surface area contributed by atoms with E-state index in [0.717, 1.165) is 38.1 Å². The molecule has 3 heterocycles. The highest BCUT2D eigenvalue weighted by Crippen LogP contribution is 2.46. The standard InChI is InChI=1S/C35H36N4S/c1-4-38(5-2)21-12-22-39-33-17-10-11-18-34(33)40-35(39)24-27-23-28(37(3)32-16-9-7-14-30(27)32)20-19-26-25-36-31-15-8-6-13-29(26)31/h6-11,13-20,23-25H,4-5,12,21-22H2,1-3H3/p+1/b35-24-. The molecule has 1 aliphatic rings. The van der Waals surface area contributed by atoms with Crippen LogP contribution in [0, 0.1) is 0 Å². The second-order valence-electron chi connectivity index (χ2n) is 10.3. The fourth-order valence-electron chi connectivity index (χ4n) is 5.69. The molecule has 0 aliphatic carbocycles. The second-order valence-corrected chi connectivity index (χ2v) is 11.4. The van der Waals surface area contributed by atoms with E-state index in [2.05, 4.69) is 144 Å². The molecule has 2 aromatic heterocycles. The van der Waals surface area contributed by atoms with E-state index in [1.54, 1.807) is 0 Å². The number of nitrogens with one attached hydrogen (secondary N) is 1. The number of rotatable bonds is 9. The summed E-state index contributed by atoms with van der Waals surface area (Å²) in [5, 5.41) is 3.80. The summed E-state index contributed by atoms with van der Waals surface area (Å²) in [5.74, 6) is 0. The first kappa shape index (κ1) is 26.4. The quantitative estimate of drug-likeness (QED) is 0.190. The van der Waals surface area contributed by atoms with Gasteiger partial charge < -0.3 is 14.8 Å². The molecule has 0 spiro atoms. The number of para-hydroxylation sites is 3. The van der Waals surface area contributed by atoms with Crippen LogP contribution in [0.4, 0.5) is 5.69 Å². The maximum atomic E-state index is 3.39. The fourth-order valence-corrected chi connectivity index (χ4v) is 6.83. The van der Waals surface area contributed by atoms with E-state index in [0.29, 0.717) is 0 Å². The van der Waals surface area contributed by atoms with Crippen LogP contribution in [0.25, 0.3) is 40.0 Å². The molecule has 0 atom stereocenters. The monoisotopic (exact) mass is 545 g/mol. The van der Waals surface area contributed by atoms with Gasteiger partial charge in [-0.3, -0.25) is 0 Å². The van der Waals surface area contributed by atoms with Crippen molar-refractivity contribution in [3.8, 4) is 0 Å². The fraction of sp³-hybridized carbons (Fsp3) is 0.229. The van der Waals surface area contributed by atoms with Crippen LogP contribution < -0.4 is 9.47 Å². The van der Waals surface area contributed by atoms with Gasteiger partial charge in [-0.15, -0.1) is 0 Å². The molecule has 5 aromatic rings. The van der Waals surface area contributed by atoms with E-state index in [1.165, 1.54) is 48.7 Å². The maximum Gasteiger partial charge on any atom is 0.213 e. The summed E-state index contributed by atoms with van der Waals surface area (Å²) in [4.78, 5) is 9.76. The van der Waals surface area contributed by atoms with Crippen LogP contribution in [0.3, 0.4) is 0 Å². The van der Waals surface area contributed by atoms with Gasteiger partial charge in [0, 0.05) is 46.7 Å². The van der Waals surface area contributed by atoms with Crippen LogP contribution >= 0.6 is 11.8 Å². The lowest BCUT2D eigenvalue weighted by Crippen LogP contribution is -2.33. The van der Waals surface area contributed by atoms with Crippen molar-refractivity contribution < 1.29 is 4.57 Å². The molecule has 4 nitrogen and oxygen atoms in total. The summed E-state index contributed by atoms with van der Waals surface area (Å²) in [6.45, 7) is 8.84. The Bertz CT molecular complexity index is 1710. The molecule has 0 unspecified atom stereocenters. The average molecular weight is 546 g/mol. The molecule has 0 amide bonds. The molecule has 6 rings (SSSR count).